The summed E-state index contributed by atoms with van der Waals surface area (Å²) in [5.74, 6) is 0.0443. The van der Waals surface area contributed by atoms with E-state index < -0.39 is 5.97 Å². The molecule has 1 aromatic heterocycles. The lowest BCUT2D eigenvalue weighted by Crippen LogP contribution is -2.08. The molecule has 2 rings (SSSR count). The molecule has 0 bridgehead atoms. The molecule has 0 aliphatic carbocycles. The Morgan fingerprint density at radius 1 is 1.35 bits per heavy atom. The van der Waals surface area contributed by atoms with Crippen LogP contribution in [0.25, 0.3) is 0 Å². The number of nitrogens with zero attached hydrogens (tertiary/aromatic N) is 2. The van der Waals surface area contributed by atoms with Crippen molar-refractivity contribution in [2.45, 2.75) is 19.9 Å². The SMILES string of the molecule is Cc1nccn1[C@H](C)c1ccc(C(=O)O)cc1. The summed E-state index contributed by atoms with van der Waals surface area (Å²) in [4.78, 5) is 14.9. The van der Waals surface area contributed by atoms with Crippen molar-refractivity contribution in [3.8, 4) is 0 Å². The van der Waals surface area contributed by atoms with E-state index in [9.17, 15) is 4.79 Å². The van der Waals surface area contributed by atoms with Crippen molar-refractivity contribution in [3.05, 3.63) is 53.6 Å². The maximum atomic E-state index is 10.7. The summed E-state index contributed by atoms with van der Waals surface area (Å²) in [5, 5.41) is 8.83. The molecular weight excluding hydrogens is 216 g/mol. The average molecular weight is 230 g/mol. The summed E-state index contributed by atoms with van der Waals surface area (Å²) in [6.45, 7) is 4.01. The zero-order chi connectivity index (χ0) is 12.4. The van der Waals surface area contributed by atoms with Crippen LogP contribution in [0.5, 0.6) is 0 Å². The average Bonchev–Trinajstić information content (AvgIpc) is 2.74. The Balaban J connectivity index is 2.29. The minimum absolute atomic E-state index is 0.153. The van der Waals surface area contributed by atoms with Gasteiger partial charge in [0.05, 0.1) is 11.6 Å². The molecule has 0 aliphatic heterocycles. The molecule has 1 aromatic carbocycles. The number of rotatable bonds is 3. The van der Waals surface area contributed by atoms with E-state index in [2.05, 4.69) is 16.5 Å². The number of carbonyl (C=O) groups is 1. The topological polar surface area (TPSA) is 55.1 Å². The largest absolute Gasteiger partial charge is 0.478 e. The van der Waals surface area contributed by atoms with Crippen molar-refractivity contribution in [1.82, 2.24) is 9.55 Å². The fourth-order valence-electron chi connectivity index (χ4n) is 1.86. The van der Waals surface area contributed by atoms with Crippen LogP contribution >= 0.6 is 0 Å². The van der Waals surface area contributed by atoms with Gasteiger partial charge in [-0.15, -0.1) is 0 Å². The molecule has 1 heterocycles. The maximum Gasteiger partial charge on any atom is 0.335 e. The Morgan fingerprint density at radius 3 is 2.47 bits per heavy atom. The molecule has 0 fully saturated rings. The number of carboxylic acids is 1. The van der Waals surface area contributed by atoms with Gasteiger partial charge in [0.25, 0.3) is 0 Å². The molecule has 1 atom stereocenters. The van der Waals surface area contributed by atoms with Gasteiger partial charge in [0.1, 0.15) is 5.82 Å². The van der Waals surface area contributed by atoms with Crippen LogP contribution < -0.4 is 0 Å². The van der Waals surface area contributed by atoms with Crippen molar-refractivity contribution in [3.63, 3.8) is 0 Å². The molecule has 4 heteroatoms. The summed E-state index contributed by atoms with van der Waals surface area (Å²) in [6, 6.07) is 7.09. The zero-order valence-electron chi connectivity index (χ0n) is 9.79. The molecule has 17 heavy (non-hydrogen) atoms. The quantitative estimate of drug-likeness (QED) is 0.881. The maximum absolute atomic E-state index is 10.7. The van der Waals surface area contributed by atoms with Gasteiger partial charge in [-0.25, -0.2) is 9.78 Å². The van der Waals surface area contributed by atoms with Crippen LogP contribution in [0.2, 0.25) is 0 Å². The molecule has 0 radical (unpaired) electrons. The monoisotopic (exact) mass is 230 g/mol. The van der Waals surface area contributed by atoms with E-state index in [-0.39, 0.29) is 6.04 Å². The smallest absolute Gasteiger partial charge is 0.335 e. The van der Waals surface area contributed by atoms with Crippen LogP contribution in [0, 0.1) is 6.92 Å². The first kappa shape index (κ1) is 11.4. The van der Waals surface area contributed by atoms with Crippen molar-refractivity contribution in [1.29, 1.82) is 0 Å². The van der Waals surface area contributed by atoms with Crippen molar-refractivity contribution >= 4 is 5.97 Å². The molecule has 1 N–H and O–H groups in total. The summed E-state index contributed by atoms with van der Waals surface area (Å²) in [6.07, 6.45) is 3.68. The first-order valence-corrected chi connectivity index (χ1v) is 5.42. The first-order chi connectivity index (χ1) is 8.09. The number of carboxylic acid groups (broad SMARTS) is 1. The number of hydrogen-bond donors (Lipinski definition) is 1. The number of aromatic nitrogens is 2. The second-order valence-electron chi connectivity index (χ2n) is 3.98. The third-order valence-corrected chi connectivity index (χ3v) is 2.92. The minimum atomic E-state index is -0.900. The Morgan fingerprint density at radius 2 is 2.00 bits per heavy atom. The molecule has 0 saturated heterocycles. The van der Waals surface area contributed by atoms with Crippen LogP contribution in [0.1, 0.15) is 34.7 Å². The fraction of sp³-hybridized carbons (Fsp3) is 0.231. The van der Waals surface area contributed by atoms with E-state index in [1.165, 1.54) is 0 Å². The number of benzene rings is 1. The number of hydrogen-bond acceptors (Lipinski definition) is 2. The van der Waals surface area contributed by atoms with Gasteiger partial charge in [0, 0.05) is 12.4 Å². The molecule has 0 aliphatic rings. The van der Waals surface area contributed by atoms with Crippen molar-refractivity contribution in [2.24, 2.45) is 0 Å². The van der Waals surface area contributed by atoms with Gasteiger partial charge in [0.2, 0.25) is 0 Å². The van der Waals surface area contributed by atoms with Crippen LogP contribution in [-0.4, -0.2) is 20.6 Å². The number of aryl methyl sites for hydroxylation is 1. The van der Waals surface area contributed by atoms with Gasteiger partial charge in [-0.05, 0) is 31.5 Å². The molecular formula is C13H14N2O2. The van der Waals surface area contributed by atoms with Crippen LogP contribution in [0.4, 0.5) is 0 Å². The lowest BCUT2D eigenvalue weighted by atomic mass is 10.1. The summed E-state index contributed by atoms with van der Waals surface area (Å²) in [7, 11) is 0. The highest BCUT2D eigenvalue weighted by Crippen LogP contribution is 2.19. The standard InChI is InChI=1S/C13H14N2O2/c1-9(15-8-7-14-10(15)2)11-3-5-12(6-4-11)13(16)17/h3-9H,1-2H3,(H,16,17)/t9-/m1/s1. The normalized spacial score (nSPS) is 12.4. The van der Waals surface area contributed by atoms with E-state index in [1.54, 1.807) is 18.3 Å². The minimum Gasteiger partial charge on any atom is -0.478 e. The third kappa shape index (κ3) is 2.20. The number of aromatic carboxylic acids is 1. The van der Waals surface area contributed by atoms with Crippen LogP contribution in [0.15, 0.2) is 36.7 Å². The highest BCUT2D eigenvalue weighted by Gasteiger charge is 2.10. The predicted molar refractivity (Wildman–Crippen MR) is 64.2 cm³/mol. The van der Waals surface area contributed by atoms with Crippen LogP contribution in [0.3, 0.4) is 0 Å². The van der Waals surface area contributed by atoms with Gasteiger partial charge >= 0.3 is 5.97 Å². The second kappa shape index (κ2) is 4.41. The van der Waals surface area contributed by atoms with Gasteiger partial charge < -0.3 is 9.67 Å². The molecule has 0 saturated carbocycles. The summed E-state index contributed by atoms with van der Waals surface area (Å²) >= 11 is 0. The lowest BCUT2D eigenvalue weighted by molar-refractivity contribution is 0.0697. The fourth-order valence-corrected chi connectivity index (χ4v) is 1.86. The first-order valence-electron chi connectivity index (χ1n) is 5.42. The Bertz CT molecular complexity index is 529. The molecule has 0 spiro atoms. The molecule has 2 aromatic rings. The van der Waals surface area contributed by atoms with Gasteiger partial charge in [0.15, 0.2) is 0 Å². The Kier molecular flexibility index (Phi) is 2.95. The van der Waals surface area contributed by atoms with Gasteiger partial charge in [-0.3, -0.25) is 0 Å². The van der Waals surface area contributed by atoms with Crippen LogP contribution in [-0.2, 0) is 0 Å². The van der Waals surface area contributed by atoms with Crippen molar-refractivity contribution in [2.75, 3.05) is 0 Å². The van der Waals surface area contributed by atoms with Gasteiger partial charge in [-0.2, -0.15) is 0 Å². The van der Waals surface area contributed by atoms with E-state index in [4.69, 9.17) is 5.11 Å². The summed E-state index contributed by atoms with van der Waals surface area (Å²) in [5.41, 5.74) is 1.37. The molecule has 0 unspecified atom stereocenters. The Hall–Kier alpha value is -2.10. The Labute approximate surface area is 99.5 Å². The van der Waals surface area contributed by atoms with E-state index in [1.807, 2.05) is 25.3 Å². The van der Waals surface area contributed by atoms with E-state index >= 15 is 0 Å². The third-order valence-electron chi connectivity index (χ3n) is 2.92. The van der Waals surface area contributed by atoms with Gasteiger partial charge in [-0.1, -0.05) is 12.1 Å². The molecule has 88 valence electrons. The molecule has 4 nitrogen and oxygen atoms in total. The lowest BCUT2D eigenvalue weighted by Gasteiger charge is -2.15. The van der Waals surface area contributed by atoms with Crippen molar-refractivity contribution < 1.29 is 9.90 Å². The zero-order valence-corrected chi connectivity index (χ0v) is 9.79. The summed E-state index contributed by atoms with van der Waals surface area (Å²) < 4.78 is 2.05. The molecule has 0 amide bonds. The second-order valence-corrected chi connectivity index (χ2v) is 3.98. The highest BCUT2D eigenvalue weighted by molar-refractivity contribution is 5.87. The highest BCUT2D eigenvalue weighted by atomic mass is 16.4. The predicted octanol–water partition coefficient (Wildman–Crippen LogP) is 2.50. The number of imidazole rings is 1. The van der Waals surface area contributed by atoms with E-state index in [0.717, 1.165) is 11.4 Å². The van der Waals surface area contributed by atoms with E-state index in [0.29, 0.717) is 5.56 Å².